The molecule has 30 heavy (non-hydrogen) atoms. The minimum atomic E-state index is -0.931. The number of hydrogen-bond acceptors (Lipinski definition) is 9. The van der Waals surface area contributed by atoms with Crippen molar-refractivity contribution in [3.05, 3.63) is 40.2 Å². The van der Waals surface area contributed by atoms with Crippen LogP contribution >= 0.6 is 0 Å². The predicted molar refractivity (Wildman–Crippen MR) is 99.7 cm³/mol. The van der Waals surface area contributed by atoms with Crippen LogP contribution in [0, 0.1) is 15.9 Å². The molecule has 2 aromatic carbocycles. The van der Waals surface area contributed by atoms with Crippen LogP contribution in [0.2, 0.25) is 0 Å². The Hall–Kier alpha value is -3.89. The molecule has 1 heterocycles. The number of nitro groups is 1. The van der Waals surface area contributed by atoms with E-state index < -0.39 is 33.7 Å². The zero-order valence-corrected chi connectivity index (χ0v) is 15.4. The van der Waals surface area contributed by atoms with E-state index in [-0.39, 0.29) is 34.7 Å². The molecule has 1 aromatic heterocycles. The summed E-state index contributed by atoms with van der Waals surface area (Å²) in [5, 5.41) is 44.9. The normalized spacial score (nSPS) is 14.2. The van der Waals surface area contributed by atoms with Crippen LogP contribution in [-0.2, 0) is 0 Å². The summed E-state index contributed by atoms with van der Waals surface area (Å²) in [4.78, 5) is 14.8. The molecule has 156 valence electrons. The smallest absolute Gasteiger partial charge is 0.356 e. The van der Waals surface area contributed by atoms with Crippen molar-refractivity contribution < 1.29 is 33.9 Å². The molecule has 3 aromatic rings. The molecule has 4 rings (SSSR count). The van der Waals surface area contributed by atoms with Gasteiger partial charge in [-0.1, -0.05) is 5.16 Å². The van der Waals surface area contributed by atoms with E-state index in [1.54, 1.807) is 0 Å². The fraction of sp³-hybridized carbons (Fsp3) is 0.263. The molecule has 10 nitrogen and oxygen atoms in total. The van der Waals surface area contributed by atoms with Crippen molar-refractivity contribution in [2.45, 2.75) is 31.8 Å². The molecule has 0 aliphatic heterocycles. The summed E-state index contributed by atoms with van der Waals surface area (Å²) >= 11 is 0. The molecule has 11 heteroatoms. The second-order valence-electron chi connectivity index (χ2n) is 6.84. The molecular formula is C19H16FN3O7. The maximum absolute atomic E-state index is 13.3. The maximum atomic E-state index is 13.3. The number of aromatic hydroxyl groups is 3. The predicted octanol–water partition coefficient (Wildman–Crippen LogP) is 3.89. The Balaban J connectivity index is 1.82. The van der Waals surface area contributed by atoms with Gasteiger partial charge in [-0.2, -0.15) is 4.98 Å². The quantitative estimate of drug-likeness (QED) is 0.319. The Morgan fingerprint density at radius 1 is 1.17 bits per heavy atom. The van der Waals surface area contributed by atoms with Crippen molar-refractivity contribution in [3.63, 3.8) is 0 Å². The number of phenols is 3. The van der Waals surface area contributed by atoms with Gasteiger partial charge in [0.05, 0.1) is 16.6 Å². The topological polar surface area (TPSA) is 152 Å². The second kappa shape index (κ2) is 7.50. The zero-order chi connectivity index (χ0) is 21.4. The van der Waals surface area contributed by atoms with Gasteiger partial charge in [0.15, 0.2) is 17.3 Å². The SMILES string of the molecule is O=[N+]([O-])c1c(O)c(O)cc(-c2nc(-c3ccc(F)c(O)c3)no2)c1OC1CCCC1. The number of hydrogen-bond donors (Lipinski definition) is 3. The van der Waals surface area contributed by atoms with Crippen LogP contribution in [0.3, 0.4) is 0 Å². The van der Waals surface area contributed by atoms with E-state index in [1.807, 2.05) is 0 Å². The monoisotopic (exact) mass is 417 g/mol. The van der Waals surface area contributed by atoms with Gasteiger partial charge in [-0.15, -0.1) is 0 Å². The Morgan fingerprint density at radius 3 is 2.57 bits per heavy atom. The zero-order valence-electron chi connectivity index (χ0n) is 15.4. The first kappa shape index (κ1) is 19.4. The molecule has 1 saturated carbocycles. The van der Waals surface area contributed by atoms with Gasteiger partial charge in [0.25, 0.3) is 5.89 Å². The molecule has 1 fully saturated rings. The van der Waals surface area contributed by atoms with Gasteiger partial charge in [-0.3, -0.25) is 10.1 Å². The molecule has 0 saturated heterocycles. The van der Waals surface area contributed by atoms with Crippen LogP contribution < -0.4 is 4.74 Å². The second-order valence-corrected chi connectivity index (χ2v) is 6.84. The van der Waals surface area contributed by atoms with Gasteiger partial charge in [0.2, 0.25) is 17.3 Å². The number of aromatic nitrogens is 2. The Bertz CT molecular complexity index is 1130. The van der Waals surface area contributed by atoms with Gasteiger partial charge >= 0.3 is 5.69 Å². The lowest BCUT2D eigenvalue weighted by atomic mass is 10.1. The Morgan fingerprint density at radius 2 is 1.90 bits per heavy atom. The highest BCUT2D eigenvalue weighted by Crippen LogP contribution is 2.49. The highest BCUT2D eigenvalue weighted by molar-refractivity contribution is 5.78. The van der Waals surface area contributed by atoms with Crippen LogP contribution in [0.25, 0.3) is 22.8 Å². The van der Waals surface area contributed by atoms with E-state index >= 15 is 0 Å². The van der Waals surface area contributed by atoms with Gasteiger partial charge < -0.3 is 24.6 Å². The molecule has 0 bridgehead atoms. The number of halogens is 1. The van der Waals surface area contributed by atoms with Crippen LogP contribution in [-0.4, -0.2) is 36.5 Å². The minimum absolute atomic E-state index is 0.0256. The maximum Gasteiger partial charge on any atom is 0.356 e. The lowest BCUT2D eigenvalue weighted by molar-refractivity contribution is -0.387. The summed E-state index contributed by atoms with van der Waals surface area (Å²) in [5.41, 5.74) is -0.648. The van der Waals surface area contributed by atoms with Crippen molar-refractivity contribution in [1.82, 2.24) is 10.1 Å². The molecule has 0 atom stereocenters. The number of phenolic OH excluding ortho intramolecular Hbond substituents is 3. The summed E-state index contributed by atoms with van der Waals surface area (Å²) in [6.45, 7) is 0. The highest BCUT2D eigenvalue weighted by atomic mass is 19.1. The lowest BCUT2D eigenvalue weighted by Gasteiger charge is -2.16. The first-order chi connectivity index (χ1) is 14.3. The third kappa shape index (κ3) is 3.45. The van der Waals surface area contributed by atoms with E-state index in [2.05, 4.69) is 10.1 Å². The molecule has 1 aliphatic rings. The van der Waals surface area contributed by atoms with Gasteiger partial charge in [0.1, 0.15) is 0 Å². The van der Waals surface area contributed by atoms with Crippen LogP contribution in [0.1, 0.15) is 25.7 Å². The number of nitrogens with zero attached hydrogens (tertiary/aromatic N) is 3. The average molecular weight is 417 g/mol. The van der Waals surface area contributed by atoms with Crippen molar-refractivity contribution in [3.8, 4) is 45.8 Å². The van der Waals surface area contributed by atoms with Crippen molar-refractivity contribution in [1.29, 1.82) is 0 Å². The lowest BCUT2D eigenvalue weighted by Crippen LogP contribution is -2.13. The van der Waals surface area contributed by atoms with Crippen molar-refractivity contribution in [2.75, 3.05) is 0 Å². The summed E-state index contributed by atoms with van der Waals surface area (Å²) in [5.74, 6) is -3.66. The molecule has 0 unspecified atom stereocenters. The van der Waals surface area contributed by atoms with E-state index in [1.165, 1.54) is 6.07 Å². The van der Waals surface area contributed by atoms with Crippen LogP contribution in [0.4, 0.5) is 10.1 Å². The van der Waals surface area contributed by atoms with Crippen molar-refractivity contribution in [2.24, 2.45) is 0 Å². The number of rotatable bonds is 5. The van der Waals surface area contributed by atoms with Crippen molar-refractivity contribution >= 4 is 5.69 Å². The fourth-order valence-electron chi connectivity index (χ4n) is 3.35. The molecule has 0 radical (unpaired) electrons. The molecule has 0 amide bonds. The van der Waals surface area contributed by atoms with E-state index in [9.17, 15) is 29.8 Å². The minimum Gasteiger partial charge on any atom is -0.505 e. The van der Waals surface area contributed by atoms with E-state index in [0.29, 0.717) is 12.8 Å². The summed E-state index contributed by atoms with van der Waals surface area (Å²) in [6.07, 6.45) is 2.86. The molecule has 3 N–H and O–H groups in total. The summed E-state index contributed by atoms with van der Waals surface area (Å²) in [6, 6.07) is 4.46. The van der Waals surface area contributed by atoms with E-state index in [4.69, 9.17) is 9.26 Å². The van der Waals surface area contributed by atoms with Crippen LogP contribution in [0.5, 0.6) is 23.0 Å². The van der Waals surface area contributed by atoms with Crippen LogP contribution in [0.15, 0.2) is 28.8 Å². The first-order valence-corrected chi connectivity index (χ1v) is 9.08. The summed E-state index contributed by atoms with van der Waals surface area (Å²) < 4.78 is 24.3. The number of nitro benzene ring substituents is 1. The first-order valence-electron chi connectivity index (χ1n) is 9.08. The standard InChI is InChI=1S/C19H16FN3O7/c20-12-6-5-9(7-13(12)24)18-21-19(30-22-18)11-8-14(25)16(26)15(23(27)28)17(11)29-10-3-1-2-4-10/h5-8,10,24-26H,1-4H2. The third-order valence-corrected chi connectivity index (χ3v) is 4.84. The van der Waals surface area contributed by atoms with Gasteiger partial charge in [0, 0.05) is 11.6 Å². The fourth-order valence-corrected chi connectivity index (χ4v) is 3.35. The highest BCUT2D eigenvalue weighted by Gasteiger charge is 2.33. The Labute approximate surface area is 168 Å². The number of benzene rings is 2. The third-order valence-electron chi connectivity index (χ3n) is 4.84. The van der Waals surface area contributed by atoms with Gasteiger partial charge in [-0.05, 0) is 43.9 Å². The molecule has 0 spiro atoms. The number of ether oxygens (including phenoxy) is 1. The molecular weight excluding hydrogens is 401 g/mol. The van der Waals surface area contributed by atoms with E-state index in [0.717, 1.165) is 31.0 Å². The van der Waals surface area contributed by atoms with Gasteiger partial charge in [-0.25, -0.2) is 4.39 Å². The largest absolute Gasteiger partial charge is 0.505 e. The Kier molecular flexibility index (Phi) is 4.86. The molecule has 1 aliphatic carbocycles. The summed E-state index contributed by atoms with van der Waals surface area (Å²) in [7, 11) is 0. The average Bonchev–Trinajstić information content (AvgIpc) is 3.38.